The predicted octanol–water partition coefficient (Wildman–Crippen LogP) is 1.50. The SMILES string of the molecule is COCCC(C)NS(=O)(=O)c1cc(CN)ccc1Cl. The standard InChI is InChI=1S/C12H19ClN2O3S/c1-9(5-6-18-2)15-19(16,17)12-7-10(8-14)3-4-11(12)13/h3-4,7,9,15H,5-6,8,14H2,1-2H3. The number of nitrogens with one attached hydrogen (secondary N) is 1. The molecule has 1 unspecified atom stereocenters. The van der Waals surface area contributed by atoms with Gasteiger partial charge in [-0.25, -0.2) is 13.1 Å². The number of hydrogen-bond acceptors (Lipinski definition) is 4. The molecule has 1 aromatic carbocycles. The first-order chi connectivity index (χ1) is 8.90. The average molecular weight is 307 g/mol. The van der Waals surface area contributed by atoms with Crippen molar-refractivity contribution in [2.24, 2.45) is 5.73 Å². The molecular formula is C12H19ClN2O3S. The van der Waals surface area contributed by atoms with Gasteiger partial charge in [0.1, 0.15) is 4.90 Å². The molecule has 0 aliphatic carbocycles. The average Bonchev–Trinajstić information content (AvgIpc) is 2.36. The van der Waals surface area contributed by atoms with Crippen molar-refractivity contribution >= 4 is 21.6 Å². The molecule has 0 bridgehead atoms. The van der Waals surface area contributed by atoms with Crippen LogP contribution in [0, 0.1) is 0 Å². The number of rotatable bonds is 7. The molecule has 0 saturated carbocycles. The smallest absolute Gasteiger partial charge is 0.242 e. The Kier molecular flexibility index (Phi) is 6.22. The zero-order chi connectivity index (χ0) is 14.5. The molecule has 7 heteroatoms. The van der Waals surface area contributed by atoms with Crippen molar-refractivity contribution in [2.75, 3.05) is 13.7 Å². The second-order valence-electron chi connectivity index (χ2n) is 4.27. The van der Waals surface area contributed by atoms with Gasteiger partial charge in [0.15, 0.2) is 0 Å². The van der Waals surface area contributed by atoms with Crippen molar-refractivity contribution in [3.8, 4) is 0 Å². The van der Waals surface area contributed by atoms with Crippen LogP contribution >= 0.6 is 11.6 Å². The number of halogens is 1. The maximum atomic E-state index is 12.2. The van der Waals surface area contributed by atoms with Gasteiger partial charge in [0.25, 0.3) is 0 Å². The Bertz CT molecular complexity index is 520. The first-order valence-electron chi connectivity index (χ1n) is 5.90. The Balaban J connectivity index is 2.93. The Hall–Kier alpha value is -0.660. The third-order valence-electron chi connectivity index (χ3n) is 2.63. The summed E-state index contributed by atoms with van der Waals surface area (Å²) in [5, 5.41) is 0.184. The van der Waals surface area contributed by atoms with Crippen molar-refractivity contribution in [3.05, 3.63) is 28.8 Å². The van der Waals surface area contributed by atoms with Gasteiger partial charge >= 0.3 is 0 Å². The number of ether oxygens (including phenoxy) is 1. The first kappa shape index (κ1) is 16.4. The van der Waals surface area contributed by atoms with E-state index in [1.807, 2.05) is 0 Å². The normalized spacial score (nSPS) is 13.5. The van der Waals surface area contributed by atoms with Crippen LogP contribution in [-0.2, 0) is 21.3 Å². The van der Waals surface area contributed by atoms with E-state index in [9.17, 15) is 8.42 Å². The van der Waals surface area contributed by atoms with Gasteiger partial charge in [-0.3, -0.25) is 0 Å². The molecule has 1 atom stereocenters. The second kappa shape index (κ2) is 7.21. The van der Waals surface area contributed by atoms with E-state index in [1.165, 1.54) is 12.1 Å². The third-order valence-corrected chi connectivity index (χ3v) is 4.70. The summed E-state index contributed by atoms with van der Waals surface area (Å²) in [5.74, 6) is 0. The van der Waals surface area contributed by atoms with Gasteiger partial charge < -0.3 is 10.5 Å². The van der Waals surface area contributed by atoms with E-state index in [2.05, 4.69) is 4.72 Å². The van der Waals surface area contributed by atoms with E-state index in [-0.39, 0.29) is 22.5 Å². The fourth-order valence-electron chi connectivity index (χ4n) is 1.56. The Morgan fingerprint density at radius 3 is 2.74 bits per heavy atom. The summed E-state index contributed by atoms with van der Waals surface area (Å²) in [5.41, 5.74) is 6.22. The van der Waals surface area contributed by atoms with Gasteiger partial charge in [-0.15, -0.1) is 0 Å². The first-order valence-corrected chi connectivity index (χ1v) is 7.76. The molecule has 1 aromatic rings. The molecule has 0 spiro atoms. The Morgan fingerprint density at radius 1 is 1.47 bits per heavy atom. The van der Waals surface area contributed by atoms with Crippen LogP contribution in [0.5, 0.6) is 0 Å². The number of benzene rings is 1. The molecule has 0 radical (unpaired) electrons. The highest BCUT2D eigenvalue weighted by molar-refractivity contribution is 7.89. The molecule has 0 saturated heterocycles. The van der Waals surface area contributed by atoms with Gasteiger partial charge in [0.05, 0.1) is 5.02 Å². The van der Waals surface area contributed by atoms with Crippen LogP contribution in [0.1, 0.15) is 18.9 Å². The highest BCUT2D eigenvalue weighted by atomic mass is 35.5. The van der Waals surface area contributed by atoms with E-state index in [0.29, 0.717) is 18.6 Å². The summed E-state index contributed by atoms with van der Waals surface area (Å²) in [6, 6.07) is 4.50. The van der Waals surface area contributed by atoms with Crippen LogP contribution in [0.3, 0.4) is 0 Å². The van der Waals surface area contributed by atoms with E-state index in [1.54, 1.807) is 20.1 Å². The minimum atomic E-state index is -3.65. The van der Waals surface area contributed by atoms with Crippen molar-refractivity contribution in [3.63, 3.8) is 0 Å². The van der Waals surface area contributed by atoms with Crippen LogP contribution in [-0.4, -0.2) is 28.2 Å². The second-order valence-corrected chi connectivity index (χ2v) is 6.36. The van der Waals surface area contributed by atoms with Gasteiger partial charge in [-0.1, -0.05) is 17.7 Å². The summed E-state index contributed by atoms with van der Waals surface area (Å²) < 4.78 is 31.9. The van der Waals surface area contributed by atoms with Gasteiger partial charge in [-0.2, -0.15) is 0 Å². The highest BCUT2D eigenvalue weighted by Crippen LogP contribution is 2.22. The predicted molar refractivity (Wildman–Crippen MR) is 75.6 cm³/mol. The van der Waals surface area contributed by atoms with Gasteiger partial charge in [0, 0.05) is 26.3 Å². The molecule has 0 aliphatic rings. The zero-order valence-corrected chi connectivity index (χ0v) is 12.6. The third kappa shape index (κ3) is 4.74. The topological polar surface area (TPSA) is 81.4 Å². The monoisotopic (exact) mass is 306 g/mol. The van der Waals surface area contributed by atoms with Crippen LogP contribution in [0.2, 0.25) is 5.02 Å². The zero-order valence-electron chi connectivity index (χ0n) is 11.0. The maximum Gasteiger partial charge on any atom is 0.242 e. The van der Waals surface area contributed by atoms with E-state index in [0.717, 1.165) is 0 Å². The quantitative estimate of drug-likeness (QED) is 0.800. The number of sulfonamides is 1. The number of hydrogen-bond donors (Lipinski definition) is 2. The molecule has 5 nitrogen and oxygen atoms in total. The fraction of sp³-hybridized carbons (Fsp3) is 0.500. The highest BCUT2D eigenvalue weighted by Gasteiger charge is 2.20. The van der Waals surface area contributed by atoms with Crippen molar-refractivity contribution < 1.29 is 13.2 Å². The molecule has 0 amide bonds. The van der Waals surface area contributed by atoms with E-state index < -0.39 is 10.0 Å². The molecule has 0 aromatic heterocycles. The maximum absolute atomic E-state index is 12.2. The fourth-order valence-corrected chi connectivity index (χ4v) is 3.39. The molecule has 0 heterocycles. The Morgan fingerprint density at radius 2 is 2.16 bits per heavy atom. The largest absolute Gasteiger partial charge is 0.385 e. The summed E-state index contributed by atoms with van der Waals surface area (Å²) >= 11 is 5.94. The van der Waals surface area contributed by atoms with Crippen LogP contribution in [0.25, 0.3) is 0 Å². The van der Waals surface area contributed by atoms with Crippen LogP contribution in [0.15, 0.2) is 23.1 Å². The minimum absolute atomic E-state index is 0.0568. The lowest BCUT2D eigenvalue weighted by atomic mass is 10.2. The molecule has 108 valence electrons. The van der Waals surface area contributed by atoms with Crippen LogP contribution in [0.4, 0.5) is 0 Å². The van der Waals surface area contributed by atoms with Gasteiger partial charge in [0.2, 0.25) is 10.0 Å². The van der Waals surface area contributed by atoms with E-state index in [4.69, 9.17) is 22.1 Å². The van der Waals surface area contributed by atoms with Crippen LogP contribution < -0.4 is 10.5 Å². The summed E-state index contributed by atoms with van der Waals surface area (Å²) in [7, 11) is -2.07. The molecule has 0 fully saturated rings. The van der Waals surface area contributed by atoms with Crippen molar-refractivity contribution in [1.82, 2.24) is 4.72 Å². The lowest BCUT2D eigenvalue weighted by molar-refractivity contribution is 0.188. The van der Waals surface area contributed by atoms with Gasteiger partial charge in [-0.05, 0) is 31.0 Å². The summed E-state index contributed by atoms with van der Waals surface area (Å²) in [4.78, 5) is 0.0568. The molecule has 1 rings (SSSR count). The number of methoxy groups -OCH3 is 1. The molecule has 0 aliphatic heterocycles. The number of nitrogens with two attached hydrogens (primary N) is 1. The molecular weight excluding hydrogens is 288 g/mol. The van der Waals surface area contributed by atoms with Crippen molar-refractivity contribution in [1.29, 1.82) is 0 Å². The van der Waals surface area contributed by atoms with Crippen molar-refractivity contribution in [2.45, 2.75) is 30.8 Å². The lowest BCUT2D eigenvalue weighted by Crippen LogP contribution is -2.33. The molecule has 3 N–H and O–H groups in total. The Labute approximate surface area is 119 Å². The lowest BCUT2D eigenvalue weighted by Gasteiger charge is -2.15. The summed E-state index contributed by atoms with van der Waals surface area (Å²) in [6.07, 6.45) is 0.587. The molecule has 19 heavy (non-hydrogen) atoms. The summed E-state index contributed by atoms with van der Waals surface area (Å²) in [6.45, 7) is 2.52. The van der Waals surface area contributed by atoms with E-state index >= 15 is 0 Å². The minimum Gasteiger partial charge on any atom is -0.385 e.